The van der Waals surface area contributed by atoms with Crippen LogP contribution in [0.5, 0.6) is 0 Å². The number of hydrogen-bond donors (Lipinski definition) is 1. The number of anilines is 1. The second kappa shape index (κ2) is 6.22. The lowest BCUT2D eigenvalue weighted by Gasteiger charge is -2.34. The highest BCUT2D eigenvalue weighted by Crippen LogP contribution is 2.46. The highest BCUT2D eigenvalue weighted by molar-refractivity contribution is 5.72. The van der Waals surface area contributed by atoms with Crippen molar-refractivity contribution in [1.29, 1.82) is 5.26 Å². The Bertz CT molecular complexity index is 958. The van der Waals surface area contributed by atoms with E-state index in [2.05, 4.69) is 63.6 Å². The molecule has 0 saturated carbocycles. The predicted octanol–water partition coefficient (Wildman–Crippen LogP) is 5.29. The lowest BCUT2D eigenvalue weighted by molar-refractivity contribution is 0.875. The second-order valence-electron chi connectivity index (χ2n) is 6.88. The molecule has 0 bridgehead atoms. The number of rotatable bonds is 2. The number of nitrogens with zero attached hydrogens (tertiary/aromatic N) is 2. The van der Waals surface area contributed by atoms with E-state index in [-0.39, 0.29) is 5.92 Å². The topological polar surface area (TPSA) is 48.7 Å². The molecule has 2 aromatic rings. The number of nitrogens with one attached hydrogen (secondary N) is 1. The van der Waals surface area contributed by atoms with Crippen LogP contribution in [0.2, 0.25) is 0 Å². The third-order valence-corrected chi connectivity index (χ3v) is 4.97. The normalized spacial score (nSPS) is 16.1. The summed E-state index contributed by atoms with van der Waals surface area (Å²) < 4.78 is 0. The third kappa shape index (κ3) is 2.74. The van der Waals surface area contributed by atoms with Crippen molar-refractivity contribution >= 4 is 5.69 Å². The molecule has 1 aliphatic heterocycles. The predicted molar refractivity (Wildman–Crippen MR) is 103 cm³/mol. The number of aromatic nitrogens is 1. The zero-order chi connectivity index (χ0) is 18.3. The molecule has 0 saturated heterocycles. The van der Waals surface area contributed by atoms with Crippen molar-refractivity contribution in [2.45, 2.75) is 40.5 Å². The lowest BCUT2D eigenvalue weighted by Crippen LogP contribution is -2.21. The Hall–Kier alpha value is -2.86. The Morgan fingerprint density at radius 3 is 2.52 bits per heavy atom. The zero-order valence-electron chi connectivity index (χ0n) is 15.5. The van der Waals surface area contributed by atoms with Crippen molar-refractivity contribution in [3.05, 3.63) is 81.3 Å². The highest BCUT2D eigenvalue weighted by Gasteiger charge is 2.32. The maximum absolute atomic E-state index is 9.19. The number of nitriles is 1. The molecule has 1 atom stereocenters. The fourth-order valence-electron chi connectivity index (χ4n) is 3.80. The molecule has 25 heavy (non-hydrogen) atoms. The van der Waals surface area contributed by atoms with Crippen LogP contribution in [0.1, 0.15) is 53.3 Å². The van der Waals surface area contributed by atoms with E-state index in [0.717, 1.165) is 33.8 Å². The molecule has 2 heterocycles. The summed E-state index contributed by atoms with van der Waals surface area (Å²) in [6.07, 6.45) is 1.92. The number of benzene rings is 1. The molecule has 0 amide bonds. The zero-order valence-corrected chi connectivity index (χ0v) is 15.5. The minimum atomic E-state index is 0.0777. The summed E-state index contributed by atoms with van der Waals surface area (Å²) >= 11 is 0. The number of allylic oxidation sites excluding steroid dienone is 3. The van der Waals surface area contributed by atoms with Gasteiger partial charge in [0.05, 0.1) is 11.6 Å². The lowest BCUT2D eigenvalue weighted by atomic mass is 9.76. The first-order chi connectivity index (χ1) is 11.8. The monoisotopic (exact) mass is 329 g/mol. The molecule has 3 nitrogen and oxygen atoms in total. The Labute approximate surface area is 149 Å². The number of fused-ring (bicyclic) bond motifs is 1. The number of aryl methyl sites for hydroxylation is 3. The van der Waals surface area contributed by atoms with Crippen molar-refractivity contribution in [2.75, 3.05) is 5.32 Å². The van der Waals surface area contributed by atoms with E-state index in [1.807, 2.05) is 18.3 Å². The van der Waals surface area contributed by atoms with Gasteiger partial charge in [-0.15, -0.1) is 0 Å². The van der Waals surface area contributed by atoms with Crippen LogP contribution in [-0.2, 0) is 0 Å². The van der Waals surface area contributed by atoms with Crippen molar-refractivity contribution in [3.8, 4) is 6.07 Å². The van der Waals surface area contributed by atoms with Gasteiger partial charge in [-0.3, -0.25) is 4.98 Å². The molecule has 1 aliphatic rings. The molecular weight excluding hydrogens is 306 g/mol. The molecule has 0 aliphatic carbocycles. The summed E-state index contributed by atoms with van der Waals surface area (Å²) in [5.74, 6) is 0.0777. The smallest absolute Gasteiger partial charge is 0.0991 e. The molecule has 126 valence electrons. The maximum atomic E-state index is 9.19. The minimum absolute atomic E-state index is 0.0777. The van der Waals surface area contributed by atoms with Crippen LogP contribution in [0.15, 0.2) is 47.8 Å². The van der Waals surface area contributed by atoms with E-state index >= 15 is 0 Å². The van der Waals surface area contributed by atoms with Gasteiger partial charge in [-0.1, -0.05) is 18.2 Å². The van der Waals surface area contributed by atoms with Gasteiger partial charge in [0, 0.05) is 34.8 Å². The molecule has 1 N–H and O–H groups in total. The molecule has 1 aromatic heterocycles. The molecule has 0 fully saturated rings. The van der Waals surface area contributed by atoms with Crippen LogP contribution in [0.3, 0.4) is 0 Å². The van der Waals surface area contributed by atoms with E-state index < -0.39 is 0 Å². The largest absolute Gasteiger partial charge is 0.358 e. The average Bonchev–Trinajstić information content (AvgIpc) is 2.56. The summed E-state index contributed by atoms with van der Waals surface area (Å²) in [5.41, 5.74) is 10.9. The van der Waals surface area contributed by atoms with E-state index in [9.17, 15) is 5.26 Å². The van der Waals surface area contributed by atoms with Crippen LogP contribution in [-0.4, -0.2) is 4.98 Å². The molecule has 3 rings (SSSR count). The van der Waals surface area contributed by atoms with E-state index in [1.165, 1.54) is 16.7 Å². The van der Waals surface area contributed by atoms with Gasteiger partial charge in [-0.2, -0.15) is 5.26 Å². The first kappa shape index (κ1) is 17.0. The number of hydrogen-bond acceptors (Lipinski definition) is 3. The summed E-state index contributed by atoms with van der Waals surface area (Å²) in [4.78, 5) is 4.61. The second-order valence-corrected chi connectivity index (χ2v) is 6.88. The van der Waals surface area contributed by atoms with Gasteiger partial charge >= 0.3 is 0 Å². The first-order valence-corrected chi connectivity index (χ1v) is 8.45. The average molecular weight is 329 g/mol. The van der Waals surface area contributed by atoms with Crippen molar-refractivity contribution in [1.82, 2.24) is 4.98 Å². The quantitative estimate of drug-likeness (QED) is 0.815. The van der Waals surface area contributed by atoms with Crippen LogP contribution >= 0.6 is 0 Å². The Morgan fingerprint density at radius 1 is 1.20 bits per heavy atom. The Kier molecular flexibility index (Phi) is 4.22. The standard InChI is InChI=1S/C22H23N3/c1-12(2)19-16(6)25-22-14(4)11-24-15(5)20(22)21(19)18-8-7-17(10-23)9-13(18)3/h7-9,11,21,25H,1H2,2-6H3. The minimum Gasteiger partial charge on any atom is -0.358 e. The number of pyridine rings is 1. The van der Waals surface area contributed by atoms with Gasteiger partial charge in [0.2, 0.25) is 0 Å². The van der Waals surface area contributed by atoms with E-state index in [4.69, 9.17) is 0 Å². The fourth-order valence-corrected chi connectivity index (χ4v) is 3.80. The van der Waals surface area contributed by atoms with Crippen LogP contribution in [0.4, 0.5) is 5.69 Å². The van der Waals surface area contributed by atoms with Gasteiger partial charge < -0.3 is 5.32 Å². The fraction of sp³-hybridized carbons (Fsp3) is 0.273. The molecule has 1 unspecified atom stereocenters. The van der Waals surface area contributed by atoms with Gasteiger partial charge in [0.1, 0.15) is 0 Å². The van der Waals surface area contributed by atoms with Crippen LogP contribution in [0, 0.1) is 32.1 Å². The first-order valence-electron chi connectivity index (χ1n) is 8.45. The Balaban J connectivity index is 2.35. The maximum Gasteiger partial charge on any atom is 0.0991 e. The third-order valence-electron chi connectivity index (χ3n) is 4.97. The molecular formula is C22H23N3. The highest BCUT2D eigenvalue weighted by atomic mass is 14.9. The van der Waals surface area contributed by atoms with Gasteiger partial charge in [0.25, 0.3) is 0 Å². The Morgan fingerprint density at radius 2 is 1.92 bits per heavy atom. The van der Waals surface area contributed by atoms with Gasteiger partial charge in [-0.05, 0) is 69.0 Å². The van der Waals surface area contributed by atoms with Gasteiger partial charge in [-0.25, -0.2) is 0 Å². The van der Waals surface area contributed by atoms with Crippen molar-refractivity contribution in [3.63, 3.8) is 0 Å². The van der Waals surface area contributed by atoms with E-state index in [1.54, 1.807) is 0 Å². The summed E-state index contributed by atoms with van der Waals surface area (Å²) in [6, 6.07) is 8.16. The van der Waals surface area contributed by atoms with Crippen LogP contribution in [0.25, 0.3) is 0 Å². The molecule has 0 spiro atoms. The molecule has 0 radical (unpaired) electrons. The summed E-state index contributed by atoms with van der Waals surface area (Å²) in [6.45, 7) is 14.6. The summed E-state index contributed by atoms with van der Waals surface area (Å²) in [7, 11) is 0. The van der Waals surface area contributed by atoms with Crippen molar-refractivity contribution in [2.24, 2.45) is 0 Å². The van der Waals surface area contributed by atoms with E-state index in [0.29, 0.717) is 5.56 Å². The molecule has 3 heteroatoms. The van der Waals surface area contributed by atoms with Crippen molar-refractivity contribution < 1.29 is 0 Å². The van der Waals surface area contributed by atoms with Gasteiger partial charge in [0.15, 0.2) is 0 Å². The molecule has 1 aromatic carbocycles. The SMILES string of the molecule is C=C(C)C1=C(C)Nc2c(C)cnc(C)c2C1c1ccc(C#N)cc1C. The van der Waals surface area contributed by atoms with Crippen LogP contribution < -0.4 is 5.32 Å². The summed E-state index contributed by atoms with van der Waals surface area (Å²) in [5, 5.41) is 12.8.